The van der Waals surface area contributed by atoms with E-state index in [9.17, 15) is 18.0 Å². The zero-order chi connectivity index (χ0) is 18.1. The van der Waals surface area contributed by atoms with Crippen molar-refractivity contribution in [1.29, 1.82) is 0 Å². The number of aromatic nitrogens is 2. The average Bonchev–Trinajstić information content (AvgIpc) is 2.72. The van der Waals surface area contributed by atoms with E-state index in [4.69, 9.17) is 0 Å². The number of carbonyl (C=O) groups is 1. The van der Waals surface area contributed by atoms with Crippen LogP contribution in [0.2, 0.25) is 0 Å². The summed E-state index contributed by atoms with van der Waals surface area (Å²) in [5.41, 5.74) is 2.00. The van der Waals surface area contributed by atoms with Gasteiger partial charge in [0.05, 0.1) is 11.3 Å². The Morgan fingerprint density at radius 1 is 1.29 bits per heavy atom. The summed E-state index contributed by atoms with van der Waals surface area (Å²) in [7, 11) is 3.25. The number of amides is 1. The minimum Gasteiger partial charge on any atom is -0.405 e. The molecule has 0 spiro atoms. The smallest absolute Gasteiger partial charge is 0.405 e. The molecule has 8 heteroatoms. The second-order valence-corrected chi connectivity index (χ2v) is 5.49. The van der Waals surface area contributed by atoms with Gasteiger partial charge in [-0.15, -0.1) is 13.2 Å². The predicted octanol–water partition coefficient (Wildman–Crippen LogP) is 3.21. The summed E-state index contributed by atoms with van der Waals surface area (Å²) < 4.78 is 43.0. The van der Waals surface area contributed by atoms with Crippen molar-refractivity contribution >= 4 is 5.91 Å². The van der Waals surface area contributed by atoms with Crippen molar-refractivity contribution in [2.75, 3.05) is 7.05 Å². The average molecular weight is 341 g/mol. The molecule has 1 amide bonds. The Balaban J connectivity index is 2.24. The van der Waals surface area contributed by atoms with Gasteiger partial charge in [0.25, 0.3) is 5.91 Å². The molecule has 0 aliphatic carbocycles. The van der Waals surface area contributed by atoms with Crippen LogP contribution in [0.4, 0.5) is 13.2 Å². The molecule has 0 saturated carbocycles. The predicted molar refractivity (Wildman–Crippen MR) is 81.6 cm³/mol. The van der Waals surface area contributed by atoms with Gasteiger partial charge in [-0.25, -0.2) is 0 Å². The summed E-state index contributed by atoms with van der Waals surface area (Å²) in [5.74, 6) is -0.621. The topological polar surface area (TPSA) is 47.4 Å². The fourth-order valence-electron chi connectivity index (χ4n) is 2.46. The van der Waals surface area contributed by atoms with Crippen LogP contribution < -0.4 is 4.74 Å². The molecule has 5 nitrogen and oxygen atoms in total. The van der Waals surface area contributed by atoms with Crippen LogP contribution in [-0.2, 0) is 13.6 Å². The highest BCUT2D eigenvalue weighted by Crippen LogP contribution is 2.27. The van der Waals surface area contributed by atoms with E-state index in [2.05, 4.69) is 9.84 Å². The van der Waals surface area contributed by atoms with E-state index in [0.717, 1.165) is 0 Å². The highest BCUT2D eigenvalue weighted by molar-refractivity contribution is 5.96. The zero-order valence-electron chi connectivity index (χ0n) is 13.8. The van der Waals surface area contributed by atoms with Crippen molar-refractivity contribution in [1.82, 2.24) is 14.7 Å². The molecule has 1 heterocycles. The van der Waals surface area contributed by atoms with Gasteiger partial charge in [-0.05, 0) is 19.9 Å². The van der Waals surface area contributed by atoms with Crippen molar-refractivity contribution < 1.29 is 22.7 Å². The molecule has 0 atom stereocenters. The molecule has 1 aromatic heterocycles. The Bertz CT molecular complexity index is 754. The summed E-state index contributed by atoms with van der Waals surface area (Å²) in [6.45, 7) is 3.47. The van der Waals surface area contributed by atoms with Crippen LogP contribution in [0, 0.1) is 13.8 Å². The Kier molecular flexibility index (Phi) is 4.86. The van der Waals surface area contributed by atoms with Crippen molar-refractivity contribution in [2.24, 2.45) is 7.05 Å². The molecule has 24 heavy (non-hydrogen) atoms. The number of carbonyl (C=O) groups excluding carboxylic acids is 1. The molecule has 2 aromatic rings. The van der Waals surface area contributed by atoms with E-state index in [1.807, 2.05) is 0 Å². The second kappa shape index (κ2) is 6.54. The fourth-order valence-corrected chi connectivity index (χ4v) is 2.46. The molecule has 0 fully saturated rings. The number of hydrogen-bond donors (Lipinski definition) is 0. The van der Waals surface area contributed by atoms with Crippen molar-refractivity contribution in [3.05, 3.63) is 46.8 Å². The van der Waals surface area contributed by atoms with Gasteiger partial charge in [0.1, 0.15) is 5.75 Å². The van der Waals surface area contributed by atoms with Gasteiger partial charge >= 0.3 is 6.36 Å². The summed E-state index contributed by atoms with van der Waals surface area (Å²) in [4.78, 5) is 14.0. The van der Waals surface area contributed by atoms with Crippen LogP contribution in [0.1, 0.15) is 27.3 Å². The maximum atomic E-state index is 12.6. The number of rotatable bonds is 4. The van der Waals surface area contributed by atoms with Gasteiger partial charge in [-0.2, -0.15) is 5.10 Å². The molecule has 130 valence electrons. The van der Waals surface area contributed by atoms with Gasteiger partial charge in [0, 0.05) is 31.9 Å². The van der Waals surface area contributed by atoms with E-state index < -0.39 is 6.36 Å². The van der Waals surface area contributed by atoms with E-state index in [-0.39, 0.29) is 23.8 Å². The molecule has 0 unspecified atom stereocenters. The van der Waals surface area contributed by atoms with E-state index in [1.54, 1.807) is 31.6 Å². The third-order valence-electron chi connectivity index (χ3n) is 3.68. The van der Waals surface area contributed by atoms with Crippen LogP contribution in [0.3, 0.4) is 0 Å². The lowest BCUT2D eigenvalue weighted by Gasteiger charge is -2.20. The largest absolute Gasteiger partial charge is 0.573 e. The van der Waals surface area contributed by atoms with E-state index in [0.29, 0.717) is 17.0 Å². The minimum absolute atomic E-state index is 0.0150. The van der Waals surface area contributed by atoms with E-state index >= 15 is 0 Å². The van der Waals surface area contributed by atoms with Gasteiger partial charge in [0.15, 0.2) is 0 Å². The van der Waals surface area contributed by atoms with Crippen LogP contribution in [0.25, 0.3) is 0 Å². The maximum Gasteiger partial charge on any atom is 0.573 e. The summed E-state index contributed by atoms with van der Waals surface area (Å²) in [6, 6.07) is 5.76. The highest BCUT2D eigenvalue weighted by Gasteiger charge is 2.32. The molecule has 0 N–H and O–H groups in total. The van der Waals surface area contributed by atoms with Crippen LogP contribution in [-0.4, -0.2) is 34.0 Å². The summed E-state index contributed by atoms with van der Waals surface area (Å²) in [6.07, 6.45) is -4.78. The molecule has 0 aliphatic rings. The Morgan fingerprint density at radius 3 is 2.46 bits per heavy atom. The SMILES string of the molecule is Cc1nn(C)c(C)c1C(=O)N(C)Cc1ccccc1OC(F)(F)F. The summed E-state index contributed by atoms with van der Waals surface area (Å²) >= 11 is 0. The Labute approximate surface area is 137 Å². The number of aryl methyl sites for hydroxylation is 2. The molecule has 0 bridgehead atoms. The Hall–Kier alpha value is -2.51. The van der Waals surface area contributed by atoms with Crippen LogP contribution >= 0.6 is 0 Å². The first kappa shape index (κ1) is 17.8. The molecule has 2 rings (SSSR count). The lowest BCUT2D eigenvalue weighted by atomic mass is 10.1. The highest BCUT2D eigenvalue weighted by atomic mass is 19.4. The first-order valence-corrected chi connectivity index (χ1v) is 7.19. The van der Waals surface area contributed by atoms with Gasteiger partial charge in [0.2, 0.25) is 0 Å². The molecular formula is C16H18F3N3O2. The first-order chi connectivity index (χ1) is 11.1. The number of para-hydroxylation sites is 1. The second-order valence-electron chi connectivity index (χ2n) is 5.49. The zero-order valence-corrected chi connectivity index (χ0v) is 13.8. The molecule has 0 radical (unpaired) electrons. The van der Waals surface area contributed by atoms with Crippen LogP contribution in [0.15, 0.2) is 24.3 Å². The quantitative estimate of drug-likeness (QED) is 0.858. The third-order valence-corrected chi connectivity index (χ3v) is 3.68. The lowest BCUT2D eigenvalue weighted by molar-refractivity contribution is -0.274. The molecular weight excluding hydrogens is 323 g/mol. The number of ether oxygens (including phenoxy) is 1. The molecule has 0 aliphatic heterocycles. The standard InChI is InChI=1S/C16H18F3N3O2/c1-10-14(11(2)22(4)20-10)15(23)21(3)9-12-7-5-6-8-13(12)24-16(17,18)19/h5-8H,9H2,1-4H3. The van der Waals surface area contributed by atoms with Crippen LogP contribution in [0.5, 0.6) is 5.75 Å². The lowest BCUT2D eigenvalue weighted by Crippen LogP contribution is -2.28. The monoisotopic (exact) mass is 341 g/mol. The van der Waals surface area contributed by atoms with Gasteiger partial charge in [-0.3, -0.25) is 9.48 Å². The normalized spacial score (nSPS) is 11.5. The number of alkyl halides is 3. The molecule has 0 saturated heterocycles. The van der Waals surface area contributed by atoms with E-state index in [1.165, 1.54) is 30.1 Å². The maximum absolute atomic E-state index is 12.6. The number of halogens is 3. The number of hydrogen-bond acceptors (Lipinski definition) is 3. The Morgan fingerprint density at radius 2 is 1.92 bits per heavy atom. The van der Waals surface area contributed by atoms with Crippen molar-refractivity contribution in [3.8, 4) is 5.75 Å². The summed E-state index contributed by atoms with van der Waals surface area (Å²) in [5, 5.41) is 4.18. The first-order valence-electron chi connectivity index (χ1n) is 7.19. The number of benzene rings is 1. The fraction of sp³-hybridized carbons (Fsp3) is 0.375. The molecule has 1 aromatic carbocycles. The third kappa shape index (κ3) is 3.87. The number of nitrogens with zero attached hydrogens (tertiary/aromatic N) is 3. The van der Waals surface area contributed by atoms with Gasteiger partial charge < -0.3 is 9.64 Å². The minimum atomic E-state index is -4.78. The van der Waals surface area contributed by atoms with Gasteiger partial charge in [-0.1, -0.05) is 18.2 Å². The van der Waals surface area contributed by atoms with Crippen molar-refractivity contribution in [2.45, 2.75) is 26.8 Å². The van der Waals surface area contributed by atoms with Crippen molar-refractivity contribution in [3.63, 3.8) is 0 Å².